The van der Waals surface area contributed by atoms with Crippen molar-refractivity contribution >= 4 is 33.4 Å². The Morgan fingerprint density at radius 2 is 2.25 bits per heavy atom. The van der Waals surface area contributed by atoms with E-state index >= 15 is 0 Å². The summed E-state index contributed by atoms with van der Waals surface area (Å²) in [5.41, 5.74) is 0.962. The zero-order valence-electron chi connectivity index (χ0n) is 6.14. The molecule has 0 fully saturated rings. The van der Waals surface area contributed by atoms with Gasteiger partial charge in [-0.25, -0.2) is 9.97 Å². The van der Waals surface area contributed by atoms with Gasteiger partial charge in [0.2, 0.25) is 0 Å². The molecule has 12 heavy (non-hydrogen) atoms. The van der Waals surface area contributed by atoms with Crippen LogP contribution < -0.4 is 0 Å². The average molecular weight is 194 g/mol. The Labute approximate surface area is 79.2 Å². The number of hydrogen-bond acceptors (Lipinski definition) is 4. The summed E-state index contributed by atoms with van der Waals surface area (Å²) in [5, 5.41) is 1.06. The highest BCUT2D eigenvalue weighted by molar-refractivity contribution is 8.68. The Morgan fingerprint density at radius 1 is 1.33 bits per heavy atom. The molecule has 60 valence electrons. The van der Waals surface area contributed by atoms with Crippen LogP contribution in [-0.2, 0) is 0 Å². The molecule has 1 heterocycles. The first-order valence-electron chi connectivity index (χ1n) is 3.41. The molecule has 0 radical (unpaired) electrons. The first-order valence-corrected chi connectivity index (χ1v) is 5.28. The van der Waals surface area contributed by atoms with Gasteiger partial charge in [-0.15, -0.1) is 11.7 Å². The molecule has 4 heteroatoms. The number of rotatable bonds is 1. The van der Waals surface area contributed by atoms with Crippen molar-refractivity contribution in [3.05, 3.63) is 30.7 Å². The average Bonchev–Trinajstić information content (AvgIpc) is 2.17. The number of aromatic nitrogens is 2. The van der Waals surface area contributed by atoms with Crippen LogP contribution in [0.5, 0.6) is 0 Å². The maximum absolute atomic E-state index is 4.13. The highest BCUT2D eigenvalue weighted by Crippen LogP contribution is 2.23. The second-order valence-electron chi connectivity index (χ2n) is 2.33. The van der Waals surface area contributed by atoms with Gasteiger partial charge >= 0.3 is 0 Å². The van der Waals surface area contributed by atoms with E-state index in [9.17, 15) is 0 Å². The molecule has 1 aromatic heterocycles. The van der Waals surface area contributed by atoms with Crippen molar-refractivity contribution in [1.82, 2.24) is 9.97 Å². The minimum Gasteiger partial charge on any atom is -0.244 e. The highest BCUT2D eigenvalue weighted by Gasteiger charge is 1.95. The van der Waals surface area contributed by atoms with E-state index in [1.807, 2.05) is 18.2 Å². The van der Waals surface area contributed by atoms with Crippen molar-refractivity contribution in [3.8, 4) is 0 Å². The second kappa shape index (κ2) is 3.33. The van der Waals surface area contributed by atoms with Crippen LogP contribution in [0.4, 0.5) is 0 Å². The molecule has 2 nitrogen and oxygen atoms in total. The van der Waals surface area contributed by atoms with E-state index in [0.717, 1.165) is 15.8 Å². The second-order valence-corrected chi connectivity index (χ2v) is 3.54. The normalized spacial score (nSPS) is 10.4. The monoisotopic (exact) mass is 194 g/mol. The van der Waals surface area contributed by atoms with Crippen molar-refractivity contribution in [2.45, 2.75) is 4.90 Å². The summed E-state index contributed by atoms with van der Waals surface area (Å²) < 4.78 is 0. The lowest BCUT2D eigenvalue weighted by molar-refractivity contribution is 1.22. The van der Waals surface area contributed by atoms with Gasteiger partial charge in [-0.05, 0) is 12.1 Å². The maximum Gasteiger partial charge on any atom is 0.116 e. The van der Waals surface area contributed by atoms with Gasteiger partial charge in [-0.2, -0.15) is 0 Å². The SMILES string of the molecule is SSc1ccc2cncnc2c1. The third-order valence-electron chi connectivity index (χ3n) is 1.58. The fourth-order valence-electron chi connectivity index (χ4n) is 1.01. The molecule has 0 atom stereocenters. The third-order valence-corrected chi connectivity index (χ3v) is 2.68. The van der Waals surface area contributed by atoms with Gasteiger partial charge in [-0.1, -0.05) is 16.9 Å². The Morgan fingerprint density at radius 3 is 3.08 bits per heavy atom. The number of benzene rings is 1. The molecule has 0 spiro atoms. The fourth-order valence-corrected chi connectivity index (χ4v) is 1.64. The molecule has 0 amide bonds. The Balaban J connectivity index is 2.67. The van der Waals surface area contributed by atoms with Crippen molar-refractivity contribution in [2.24, 2.45) is 0 Å². The van der Waals surface area contributed by atoms with Crippen molar-refractivity contribution in [1.29, 1.82) is 0 Å². The van der Waals surface area contributed by atoms with E-state index in [4.69, 9.17) is 0 Å². The maximum atomic E-state index is 4.13. The summed E-state index contributed by atoms with van der Waals surface area (Å²) in [6, 6.07) is 5.99. The molecular formula is C8H6N2S2. The molecule has 0 saturated heterocycles. The van der Waals surface area contributed by atoms with Crippen LogP contribution in [0.2, 0.25) is 0 Å². The number of fused-ring (bicyclic) bond motifs is 1. The van der Waals surface area contributed by atoms with Crippen LogP contribution in [0.25, 0.3) is 10.9 Å². The Hall–Kier alpha value is -0.740. The van der Waals surface area contributed by atoms with E-state index in [1.54, 1.807) is 12.5 Å². The summed E-state index contributed by atoms with van der Waals surface area (Å²) in [4.78, 5) is 9.16. The van der Waals surface area contributed by atoms with Crippen LogP contribution in [0.15, 0.2) is 35.6 Å². The van der Waals surface area contributed by atoms with Crippen molar-refractivity contribution in [3.63, 3.8) is 0 Å². The van der Waals surface area contributed by atoms with E-state index in [-0.39, 0.29) is 0 Å². The number of nitrogens with zero attached hydrogens (tertiary/aromatic N) is 2. The smallest absolute Gasteiger partial charge is 0.116 e. The topological polar surface area (TPSA) is 25.8 Å². The number of thiol groups is 1. The molecule has 0 aliphatic rings. The standard InChI is InChI=1S/C8H6N2S2/c11-12-7-2-1-6-4-9-5-10-8(6)3-7/h1-5,11H. The van der Waals surface area contributed by atoms with Gasteiger partial charge in [0.25, 0.3) is 0 Å². The molecule has 0 bridgehead atoms. The number of hydrogen-bond donors (Lipinski definition) is 1. The summed E-state index contributed by atoms with van der Waals surface area (Å²) in [6.07, 6.45) is 3.35. The van der Waals surface area contributed by atoms with Crippen LogP contribution in [-0.4, -0.2) is 9.97 Å². The van der Waals surface area contributed by atoms with E-state index in [2.05, 4.69) is 21.6 Å². The first kappa shape index (κ1) is 7.89. The van der Waals surface area contributed by atoms with Crippen molar-refractivity contribution in [2.75, 3.05) is 0 Å². The Kier molecular flexibility index (Phi) is 2.19. The van der Waals surface area contributed by atoms with Crippen LogP contribution in [0.1, 0.15) is 0 Å². The molecule has 1 aromatic carbocycles. The first-order chi connectivity index (χ1) is 5.90. The lowest BCUT2D eigenvalue weighted by atomic mass is 10.2. The van der Waals surface area contributed by atoms with Gasteiger partial charge in [0.15, 0.2) is 0 Å². The van der Waals surface area contributed by atoms with E-state index in [0.29, 0.717) is 0 Å². The molecular weight excluding hydrogens is 188 g/mol. The zero-order valence-corrected chi connectivity index (χ0v) is 7.85. The summed E-state index contributed by atoms with van der Waals surface area (Å²) in [5.74, 6) is 0. The van der Waals surface area contributed by atoms with Crippen LogP contribution in [0, 0.1) is 0 Å². The summed E-state index contributed by atoms with van der Waals surface area (Å²) in [7, 11) is 1.42. The summed E-state index contributed by atoms with van der Waals surface area (Å²) >= 11 is 4.11. The molecule has 2 rings (SSSR count). The molecule has 2 aromatic rings. The van der Waals surface area contributed by atoms with Gasteiger partial charge in [0.1, 0.15) is 6.33 Å². The third kappa shape index (κ3) is 1.40. The predicted molar refractivity (Wildman–Crippen MR) is 54.4 cm³/mol. The van der Waals surface area contributed by atoms with Gasteiger partial charge < -0.3 is 0 Å². The lowest BCUT2D eigenvalue weighted by Crippen LogP contribution is -1.80. The van der Waals surface area contributed by atoms with E-state index < -0.39 is 0 Å². The predicted octanol–water partition coefficient (Wildman–Crippen LogP) is 2.57. The van der Waals surface area contributed by atoms with E-state index in [1.165, 1.54) is 10.8 Å². The van der Waals surface area contributed by atoms with Crippen LogP contribution >= 0.6 is 22.5 Å². The molecule has 0 saturated carbocycles. The van der Waals surface area contributed by atoms with Gasteiger partial charge in [0.05, 0.1) is 5.52 Å². The van der Waals surface area contributed by atoms with Crippen molar-refractivity contribution < 1.29 is 0 Å². The molecule has 0 aliphatic heterocycles. The minimum atomic E-state index is 0.962. The Bertz CT molecular complexity index is 403. The highest BCUT2D eigenvalue weighted by atomic mass is 33.1. The largest absolute Gasteiger partial charge is 0.244 e. The lowest BCUT2D eigenvalue weighted by Gasteiger charge is -1.97. The van der Waals surface area contributed by atoms with Gasteiger partial charge in [-0.3, -0.25) is 0 Å². The summed E-state index contributed by atoms with van der Waals surface area (Å²) in [6.45, 7) is 0. The van der Waals surface area contributed by atoms with Gasteiger partial charge in [0, 0.05) is 16.5 Å². The minimum absolute atomic E-state index is 0.962. The zero-order chi connectivity index (χ0) is 8.39. The molecule has 0 aliphatic carbocycles. The van der Waals surface area contributed by atoms with Crippen LogP contribution in [0.3, 0.4) is 0 Å². The molecule has 0 unspecified atom stereocenters. The quantitative estimate of drug-likeness (QED) is 0.558. The fraction of sp³-hybridized carbons (Fsp3) is 0. The molecule has 0 N–H and O–H groups in total.